The fourth-order valence-electron chi connectivity index (χ4n) is 4.28. The Labute approximate surface area is 189 Å². The van der Waals surface area contributed by atoms with Gasteiger partial charge in [-0.15, -0.1) is 11.3 Å². The van der Waals surface area contributed by atoms with E-state index in [0.29, 0.717) is 50.5 Å². The molecule has 164 valence electrons. The number of carbonyl (C=O) groups is 1. The van der Waals surface area contributed by atoms with Gasteiger partial charge in [-0.25, -0.2) is 8.78 Å². The maximum atomic E-state index is 14.0. The van der Waals surface area contributed by atoms with Crippen LogP contribution in [0.25, 0.3) is 10.2 Å². The van der Waals surface area contributed by atoms with Gasteiger partial charge in [0.2, 0.25) is 0 Å². The van der Waals surface area contributed by atoms with Crippen LogP contribution >= 0.6 is 11.3 Å². The van der Waals surface area contributed by atoms with Crippen molar-refractivity contribution < 1.29 is 13.6 Å². The molecule has 2 aromatic heterocycles. The van der Waals surface area contributed by atoms with Crippen molar-refractivity contribution in [1.29, 1.82) is 0 Å². The quantitative estimate of drug-likeness (QED) is 0.428. The predicted octanol–water partition coefficient (Wildman–Crippen LogP) is 4.99. The summed E-state index contributed by atoms with van der Waals surface area (Å²) in [6, 6.07) is 17.3. The van der Waals surface area contributed by atoms with E-state index in [1.165, 1.54) is 18.2 Å². The Balaban J connectivity index is 1.32. The van der Waals surface area contributed by atoms with E-state index in [4.69, 9.17) is 0 Å². The van der Waals surface area contributed by atoms with Gasteiger partial charge in [0.1, 0.15) is 17.3 Å². The highest BCUT2D eigenvalue weighted by atomic mass is 32.1. The first-order chi connectivity index (χ1) is 15.6. The molecule has 0 aliphatic carbocycles. The van der Waals surface area contributed by atoms with Gasteiger partial charge in [-0.1, -0.05) is 30.3 Å². The molecule has 3 heterocycles. The topological polar surface area (TPSA) is 28.5 Å². The Kier molecular flexibility index (Phi) is 5.76. The molecule has 1 fully saturated rings. The van der Waals surface area contributed by atoms with Crippen molar-refractivity contribution in [3.8, 4) is 0 Å². The number of hydrogen-bond acceptors (Lipinski definition) is 3. The van der Waals surface area contributed by atoms with Gasteiger partial charge in [-0.3, -0.25) is 9.69 Å². The van der Waals surface area contributed by atoms with Gasteiger partial charge in [0.15, 0.2) is 0 Å². The summed E-state index contributed by atoms with van der Waals surface area (Å²) in [6.07, 6.45) is 0. The first-order valence-electron chi connectivity index (χ1n) is 10.6. The number of nitrogens with zero attached hydrogens (tertiary/aromatic N) is 3. The van der Waals surface area contributed by atoms with Crippen LogP contribution in [0.5, 0.6) is 0 Å². The first-order valence-corrected chi connectivity index (χ1v) is 11.5. The minimum absolute atomic E-state index is 0.0182. The van der Waals surface area contributed by atoms with Crippen molar-refractivity contribution >= 4 is 27.5 Å². The summed E-state index contributed by atoms with van der Waals surface area (Å²) in [5, 5.41) is 2.00. The van der Waals surface area contributed by atoms with Gasteiger partial charge in [0, 0.05) is 44.8 Å². The number of benzene rings is 2. The molecule has 0 spiro atoms. The molecule has 0 bridgehead atoms. The van der Waals surface area contributed by atoms with Crippen LogP contribution < -0.4 is 0 Å². The monoisotopic (exact) mass is 451 g/mol. The molecule has 7 heteroatoms. The summed E-state index contributed by atoms with van der Waals surface area (Å²) in [4.78, 5) is 17.5. The highest BCUT2D eigenvalue weighted by Gasteiger charge is 2.26. The second-order valence-electron chi connectivity index (χ2n) is 8.08. The van der Waals surface area contributed by atoms with E-state index in [2.05, 4.69) is 4.90 Å². The molecule has 1 saturated heterocycles. The molecule has 1 aliphatic rings. The molecule has 0 N–H and O–H groups in total. The molecule has 0 saturated carbocycles. The second kappa shape index (κ2) is 8.84. The average molecular weight is 452 g/mol. The number of thiophene rings is 1. The molecule has 5 rings (SSSR count). The minimum Gasteiger partial charge on any atom is -0.335 e. The fourth-order valence-corrected chi connectivity index (χ4v) is 5.10. The molecule has 32 heavy (non-hydrogen) atoms. The van der Waals surface area contributed by atoms with Crippen molar-refractivity contribution in [2.24, 2.45) is 0 Å². The number of halogens is 2. The van der Waals surface area contributed by atoms with Crippen LogP contribution in [-0.4, -0.2) is 46.5 Å². The zero-order valence-corrected chi connectivity index (χ0v) is 18.3. The average Bonchev–Trinajstić information content (AvgIpc) is 3.38. The number of rotatable bonds is 5. The third-order valence-electron chi connectivity index (χ3n) is 5.98. The highest BCUT2D eigenvalue weighted by molar-refractivity contribution is 7.17. The number of hydrogen-bond donors (Lipinski definition) is 0. The fraction of sp³-hybridized carbons (Fsp3) is 0.240. The molecule has 2 aromatic carbocycles. The summed E-state index contributed by atoms with van der Waals surface area (Å²) in [5.74, 6) is -0.494. The van der Waals surface area contributed by atoms with Gasteiger partial charge >= 0.3 is 0 Å². The van der Waals surface area contributed by atoms with Gasteiger partial charge in [0.05, 0.1) is 10.2 Å². The SMILES string of the molecule is O=C(c1cc2sccc2n1Cc1cccc(F)c1)N1CCN(Cc2ccccc2F)CC1. The third kappa shape index (κ3) is 4.18. The van der Waals surface area contributed by atoms with Crippen molar-refractivity contribution in [3.63, 3.8) is 0 Å². The molecule has 0 atom stereocenters. The molecule has 0 radical (unpaired) electrons. The maximum absolute atomic E-state index is 14.0. The van der Waals surface area contributed by atoms with E-state index in [1.807, 2.05) is 39.1 Å². The summed E-state index contributed by atoms with van der Waals surface area (Å²) >= 11 is 1.59. The lowest BCUT2D eigenvalue weighted by Gasteiger charge is -2.35. The summed E-state index contributed by atoms with van der Waals surface area (Å²) < 4.78 is 30.7. The maximum Gasteiger partial charge on any atom is 0.270 e. The van der Waals surface area contributed by atoms with Crippen LogP contribution in [0.1, 0.15) is 21.6 Å². The summed E-state index contributed by atoms with van der Waals surface area (Å²) in [7, 11) is 0. The van der Waals surface area contributed by atoms with Crippen molar-refractivity contribution in [2.75, 3.05) is 26.2 Å². The number of carbonyl (C=O) groups excluding carboxylic acids is 1. The Morgan fingerprint density at radius 2 is 1.72 bits per heavy atom. The van der Waals surface area contributed by atoms with Crippen LogP contribution in [0.2, 0.25) is 0 Å². The number of aromatic nitrogens is 1. The third-order valence-corrected chi connectivity index (χ3v) is 6.84. The number of amides is 1. The minimum atomic E-state index is -0.282. The van der Waals surface area contributed by atoms with E-state index in [-0.39, 0.29) is 17.5 Å². The standard InChI is InChI=1S/C25H23F2N3OS/c26-20-6-3-4-18(14-20)16-30-22-8-13-32-24(22)15-23(30)25(31)29-11-9-28(10-12-29)17-19-5-1-2-7-21(19)27/h1-8,13-15H,9-12,16-17H2. The highest BCUT2D eigenvalue weighted by Crippen LogP contribution is 2.27. The Morgan fingerprint density at radius 3 is 2.50 bits per heavy atom. The predicted molar refractivity (Wildman–Crippen MR) is 123 cm³/mol. The second-order valence-corrected chi connectivity index (χ2v) is 9.02. The van der Waals surface area contributed by atoms with Crippen LogP contribution in [0.4, 0.5) is 8.78 Å². The van der Waals surface area contributed by atoms with Crippen LogP contribution in [-0.2, 0) is 13.1 Å². The number of fused-ring (bicyclic) bond motifs is 1. The molecule has 1 amide bonds. The van der Waals surface area contributed by atoms with E-state index < -0.39 is 0 Å². The molecule has 0 unspecified atom stereocenters. The normalized spacial score (nSPS) is 14.9. The summed E-state index contributed by atoms with van der Waals surface area (Å²) in [5.41, 5.74) is 3.11. The lowest BCUT2D eigenvalue weighted by molar-refractivity contribution is 0.0617. The van der Waals surface area contributed by atoms with Crippen molar-refractivity contribution in [2.45, 2.75) is 13.1 Å². The zero-order chi connectivity index (χ0) is 22.1. The lowest BCUT2D eigenvalue weighted by atomic mass is 10.2. The molecular formula is C25H23F2N3OS. The van der Waals surface area contributed by atoms with Crippen LogP contribution in [0, 0.1) is 11.6 Å². The van der Waals surface area contributed by atoms with Gasteiger partial charge in [0.25, 0.3) is 5.91 Å². The molecule has 4 nitrogen and oxygen atoms in total. The largest absolute Gasteiger partial charge is 0.335 e. The van der Waals surface area contributed by atoms with Gasteiger partial charge in [-0.2, -0.15) is 0 Å². The molecular weight excluding hydrogens is 428 g/mol. The van der Waals surface area contributed by atoms with E-state index in [9.17, 15) is 13.6 Å². The smallest absolute Gasteiger partial charge is 0.270 e. The van der Waals surface area contributed by atoms with Crippen LogP contribution in [0.15, 0.2) is 66.0 Å². The van der Waals surface area contributed by atoms with Crippen LogP contribution in [0.3, 0.4) is 0 Å². The first kappa shape index (κ1) is 20.8. The zero-order valence-electron chi connectivity index (χ0n) is 17.5. The summed E-state index contributed by atoms with van der Waals surface area (Å²) in [6.45, 7) is 3.54. The Morgan fingerprint density at radius 1 is 0.906 bits per heavy atom. The Bertz CT molecular complexity index is 1260. The Hall–Kier alpha value is -3.03. The van der Waals surface area contributed by atoms with Gasteiger partial charge in [-0.05, 0) is 41.3 Å². The van der Waals surface area contributed by atoms with E-state index in [0.717, 1.165) is 15.8 Å². The van der Waals surface area contributed by atoms with Crippen molar-refractivity contribution in [1.82, 2.24) is 14.4 Å². The molecule has 1 aliphatic heterocycles. The number of piperazine rings is 1. The van der Waals surface area contributed by atoms with E-state index in [1.54, 1.807) is 29.5 Å². The lowest BCUT2D eigenvalue weighted by Crippen LogP contribution is -2.48. The van der Waals surface area contributed by atoms with E-state index >= 15 is 0 Å². The van der Waals surface area contributed by atoms with Gasteiger partial charge < -0.3 is 9.47 Å². The molecule has 4 aromatic rings. The van der Waals surface area contributed by atoms with Crippen molar-refractivity contribution in [3.05, 3.63) is 94.5 Å².